The quantitative estimate of drug-likeness (QED) is 0.837. The van der Waals surface area contributed by atoms with Gasteiger partial charge in [-0.3, -0.25) is 0 Å². The number of sulfonamides is 1. The van der Waals surface area contributed by atoms with Crippen molar-refractivity contribution < 1.29 is 8.42 Å². The third-order valence-corrected chi connectivity index (χ3v) is 6.18. The van der Waals surface area contributed by atoms with Gasteiger partial charge in [0.25, 0.3) is 0 Å². The molecule has 0 saturated carbocycles. The number of thioether (sulfide) groups is 1. The average molecular weight is 335 g/mol. The molecule has 0 spiro atoms. The summed E-state index contributed by atoms with van der Waals surface area (Å²) < 4.78 is 27.3. The molecule has 0 aromatic heterocycles. The van der Waals surface area contributed by atoms with Gasteiger partial charge in [0, 0.05) is 23.4 Å². The van der Waals surface area contributed by atoms with Crippen LogP contribution in [0, 0.1) is 0 Å². The van der Waals surface area contributed by atoms with Gasteiger partial charge in [0.05, 0.1) is 4.90 Å². The minimum absolute atomic E-state index is 0.0326. The van der Waals surface area contributed by atoms with Gasteiger partial charge in [0.1, 0.15) is 0 Å². The van der Waals surface area contributed by atoms with E-state index in [0.717, 1.165) is 30.0 Å². The largest absolute Gasteiger partial charge is 0.313 e. The van der Waals surface area contributed by atoms with Crippen LogP contribution in [0.25, 0.3) is 0 Å². The van der Waals surface area contributed by atoms with Gasteiger partial charge >= 0.3 is 0 Å². The highest BCUT2D eigenvalue weighted by atomic mass is 35.5. The molecule has 1 atom stereocenters. The second-order valence-corrected chi connectivity index (χ2v) is 7.99. The Morgan fingerprint density at radius 3 is 2.85 bits per heavy atom. The summed E-state index contributed by atoms with van der Waals surface area (Å²) in [6.07, 6.45) is 0.885. The Balaban J connectivity index is 2.13. The SMILES string of the molecule is CCNCc1ccc(S(=O)(=O)NC2CCSC2)cc1Cl. The van der Waals surface area contributed by atoms with E-state index in [-0.39, 0.29) is 10.9 Å². The second-order valence-electron chi connectivity index (χ2n) is 4.72. The Bertz CT molecular complexity index is 557. The molecule has 1 fully saturated rings. The Morgan fingerprint density at radius 2 is 2.25 bits per heavy atom. The molecular formula is C13H19ClN2O2S2. The van der Waals surface area contributed by atoms with Crippen LogP contribution in [0.3, 0.4) is 0 Å². The molecule has 1 saturated heterocycles. The predicted molar refractivity (Wildman–Crippen MR) is 84.9 cm³/mol. The van der Waals surface area contributed by atoms with Crippen LogP contribution in [0.4, 0.5) is 0 Å². The summed E-state index contributed by atoms with van der Waals surface area (Å²) in [5.74, 6) is 1.85. The minimum atomic E-state index is -3.47. The van der Waals surface area contributed by atoms with E-state index >= 15 is 0 Å². The second kappa shape index (κ2) is 7.13. The number of nitrogens with one attached hydrogen (secondary N) is 2. The van der Waals surface area contributed by atoms with Crippen LogP contribution in [-0.2, 0) is 16.6 Å². The standard InChI is InChI=1S/C13H19ClN2O2S2/c1-2-15-8-10-3-4-12(7-13(10)14)20(17,18)16-11-5-6-19-9-11/h3-4,7,11,15-16H,2,5-6,8-9H2,1H3. The maximum Gasteiger partial charge on any atom is 0.240 e. The molecule has 1 aliphatic heterocycles. The highest BCUT2D eigenvalue weighted by molar-refractivity contribution is 7.99. The summed E-state index contributed by atoms with van der Waals surface area (Å²) in [7, 11) is -3.47. The topological polar surface area (TPSA) is 58.2 Å². The summed E-state index contributed by atoms with van der Waals surface area (Å²) in [5, 5.41) is 3.65. The molecule has 112 valence electrons. The van der Waals surface area contributed by atoms with Crippen molar-refractivity contribution in [1.29, 1.82) is 0 Å². The lowest BCUT2D eigenvalue weighted by Gasteiger charge is -2.13. The Kier molecular flexibility index (Phi) is 5.74. The first kappa shape index (κ1) is 16.1. The summed E-state index contributed by atoms with van der Waals surface area (Å²) in [6, 6.07) is 4.94. The molecule has 1 aromatic carbocycles. The fraction of sp³-hybridized carbons (Fsp3) is 0.538. The van der Waals surface area contributed by atoms with Gasteiger partial charge in [-0.2, -0.15) is 11.8 Å². The van der Waals surface area contributed by atoms with Crippen LogP contribution in [-0.4, -0.2) is 32.5 Å². The van der Waals surface area contributed by atoms with E-state index in [2.05, 4.69) is 10.0 Å². The van der Waals surface area contributed by atoms with Crippen LogP contribution in [0.15, 0.2) is 23.1 Å². The number of rotatable bonds is 6. The highest BCUT2D eigenvalue weighted by Crippen LogP contribution is 2.23. The smallest absolute Gasteiger partial charge is 0.240 e. The first-order valence-corrected chi connectivity index (χ1v) is 9.63. The monoisotopic (exact) mass is 334 g/mol. The molecule has 4 nitrogen and oxygen atoms in total. The molecule has 1 unspecified atom stereocenters. The molecule has 0 bridgehead atoms. The van der Waals surface area contributed by atoms with Crippen LogP contribution in [0.1, 0.15) is 18.9 Å². The molecule has 7 heteroatoms. The first-order valence-electron chi connectivity index (χ1n) is 6.62. The van der Waals surface area contributed by atoms with Crippen molar-refractivity contribution in [3.05, 3.63) is 28.8 Å². The van der Waals surface area contributed by atoms with E-state index < -0.39 is 10.0 Å². The normalized spacial score (nSPS) is 19.4. The van der Waals surface area contributed by atoms with Crippen molar-refractivity contribution in [3.8, 4) is 0 Å². The van der Waals surface area contributed by atoms with Crippen molar-refractivity contribution in [1.82, 2.24) is 10.0 Å². The van der Waals surface area contributed by atoms with Crippen LogP contribution < -0.4 is 10.0 Å². The molecular weight excluding hydrogens is 316 g/mol. The lowest BCUT2D eigenvalue weighted by molar-refractivity contribution is 0.563. The zero-order chi connectivity index (χ0) is 14.6. The van der Waals surface area contributed by atoms with Crippen molar-refractivity contribution in [2.45, 2.75) is 30.8 Å². The minimum Gasteiger partial charge on any atom is -0.313 e. The molecule has 2 rings (SSSR count). The van der Waals surface area contributed by atoms with Gasteiger partial charge in [0.15, 0.2) is 0 Å². The lowest BCUT2D eigenvalue weighted by atomic mass is 10.2. The lowest BCUT2D eigenvalue weighted by Crippen LogP contribution is -2.34. The van der Waals surface area contributed by atoms with E-state index in [1.54, 1.807) is 23.9 Å². The van der Waals surface area contributed by atoms with Gasteiger partial charge in [-0.1, -0.05) is 24.6 Å². The Hall–Kier alpha value is -0.270. The average Bonchev–Trinajstić information content (AvgIpc) is 2.89. The summed E-state index contributed by atoms with van der Waals surface area (Å²) >= 11 is 7.92. The zero-order valence-corrected chi connectivity index (χ0v) is 13.7. The van der Waals surface area contributed by atoms with Crippen molar-refractivity contribution in [2.24, 2.45) is 0 Å². The fourth-order valence-electron chi connectivity index (χ4n) is 2.01. The van der Waals surface area contributed by atoms with E-state index in [4.69, 9.17) is 11.6 Å². The third kappa shape index (κ3) is 4.11. The van der Waals surface area contributed by atoms with Gasteiger partial charge in [-0.25, -0.2) is 13.1 Å². The molecule has 2 N–H and O–H groups in total. The predicted octanol–water partition coefficient (Wildman–Crippen LogP) is 2.23. The molecule has 20 heavy (non-hydrogen) atoms. The molecule has 1 heterocycles. The molecule has 0 radical (unpaired) electrons. The number of hydrogen-bond donors (Lipinski definition) is 2. The van der Waals surface area contributed by atoms with Crippen LogP contribution >= 0.6 is 23.4 Å². The fourth-order valence-corrected chi connectivity index (χ4v) is 4.88. The Labute approximate surface area is 129 Å². The molecule has 1 aliphatic rings. The van der Waals surface area contributed by atoms with E-state index in [9.17, 15) is 8.42 Å². The number of halogens is 1. The molecule has 0 amide bonds. The summed E-state index contributed by atoms with van der Waals surface area (Å²) in [5.41, 5.74) is 0.906. The maximum absolute atomic E-state index is 12.3. The zero-order valence-electron chi connectivity index (χ0n) is 11.4. The maximum atomic E-state index is 12.3. The first-order chi connectivity index (χ1) is 9.53. The van der Waals surface area contributed by atoms with Crippen molar-refractivity contribution in [3.63, 3.8) is 0 Å². The van der Waals surface area contributed by atoms with Crippen molar-refractivity contribution in [2.75, 3.05) is 18.1 Å². The van der Waals surface area contributed by atoms with E-state index in [1.165, 1.54) is 6.07 Å². The van der Waals surface area contributed by atoms with Crippen LogP contribution in [0.2, 0.25) is 5.02 Å². The van der Waals surface area contributed by atoms with E-state index in [1.807, 2.05) is 6.92 Å². The Morgan fingerprint density at radius 1 is 1.45 bits per heavy atom. The highest BCUT2D eigenvalue weighted by Gasteiger charge is 2.23. The van der Waals surface area contributed by atoms with Gasteiger partial charge < -0.3 is 5.32 Å². The van der Waals surface area contributed by atoms with Gasteiger partial charge in [-0.05, 0) is 36.4 Å². The molecule has 0 aliphatic carbocycles. The molecule has 1 aromatic rings. The number of benzene rings is 1. The van der Waals surface area contributed by atoms with E-state index in [0.29, 0.717) is 11.6 Å². The summed E-state index contributed by atoms with van der Waals surface area (Å²) in [4.78, 5) is 0.236. The van der Waals surface area contributed by atoms with Crippen LogP contribution in [0.5, 0.6) is 0 Å². The van der Waals surface area contributed by atoms with Crippen molar-refractivity contribution >= 4 is 33.4 Å². The van der Waals surface area contributed by atoms with Gasteiger partial charge in [0.2, 0.25) is 10.0 Å². The van der Waals surface area contributed by atoms with Gasteiger partial charge in [-0.15, -0.1) is 0 Å². The third-order valence-electron chi connectivity index (χ3n) is 3.15. The number of hydrogen-bond acceptors (Lipinski definition) is 4. The summed E-state index contributed by atoms with van der Waals surface area (Å²) in [6.45, 7) is 3.50.